The third kappa shape index (κ3) is 2.35. The van der Waals surface area contributed by atoms with Crippen molar-refractivity contribution in [1.29, 1.82) is 0 Å². The molecule has 3 unspecified atom stereocenters. The number of aryl methyl sites for hydroxylation is 1. The molecule has 2 aromatic rings. The molecule has 4 nitrogen and oxygen atoms in total. The van der Waals surface area contributed by atoms with Gasteiger partial charge in [0.15, 0.2) is 0 Å². The van der Waals surface area contributed by atoms with Crippen LogP contribution in [0.4, 0.5) is 11.4 Å². The lowest BCUT2D eigenvalue weighted by Crippen LogP contribution is -2.30. The molecule has 4 rings (SSSR count). The molecule has 0 fully saturated rings. The van der Waals surface area contributed by atoms with E-state index in [2.05, 4.69) is 45.5 Å². The van der Waals surface area contributed by atoms with Gasteiger partial charge in [-0.15, -0.1) is 0 Å². The van der Waals surface area contributed by atoms with E-state index in [9.17, 15) is 10.1 Å². The molecule has 0 radical (unpaired) electrons. The van der Waals surface area contributed by atoms with Crippen molar-refractivity contribution in [3.05, 3.63) is 79.8 Å². The molecule has 1 aliphatic heterocycles. The number of hydrogen-bond donors (Lipinski definition) is 1. The Balaban J connectivity index is 1.86. The summed E-state index contributed by atoms with van der Waals surface area (Å²) in [6.45, 7) is 2.01. The number of fused-ring (bicyclic) bond motifs is 3. The topological polar surface area (TPSA) is 55.2 Å². The van der Waals surface area contributed by atoms with E-state index in [1.54, 1.807) is 6.07 Å². The maximum atomic E-state index is 11.5. The van der Waals surface area contributed by atoms with E-state index in [0.717, 1.165) is 27.7 Å². The molecule has 2 aliphatic rings. The minimum atomic E-state index is -0.261. The summed E-state index contributed by atoms with van der Waals surface area (Å²) in [5, 5.41) is 15.1. The van der Waals surface area contributed by atoms with E-state index in [1.165, 1.54) is 5.56 Å². The van der Waals surface area contributed by atoms with Crippen LogP contribution in [0, 0.1) is 23.0 Å². The Kier molecular flexibility index (Phi) is 3.68. The first-order chi connectivity index (χ1) is 11.6. The van der Waals surface area contributed by atoms with E-state index >= 15 is 0 Å². The quantitative estimate of drug-likeness (QED) is 0.422. The van der Waals surface area contributed by atoms with E-state index < -0.39 is 0 Å². The van der Waals surface area contributed by atoms with Gasteiger partial charge in [-0.1, -0.05) is 46.3 Å². The molecule has 1 N–H and O–H groups in total. The van der Waals surface area contributed by atoms with Crippen LogP contribution in [0.5, 0.6) is 0 Å². The van der Waals surface area contributed by atoms with Gasteiger partial charge in [0.1, 0.15) is 0 Å². The molecule has 24 heavy (non-hydrogen) atoms. The molecule has 5 heteroatoms. The molecule has 0 bridgehead atoms. The van der Waals surface area contributed by atoms with Gasteiger partial charge in [0.25, 0.3) is 5.69 Å². The Morgan fingerprint density at radius 2 is 1.96 bits per heavy atom. The zero-order valence-corrected chi connectivity index (χ0v) is 14.8. The number of nitro groups is 1. The summed E-state index contributed by atoms with van der Waals surface area (Å²) in [7, 11) is 0. The SMILES string of the molecule is Cc1ccc([N+](=O)[O-])c2c1NC(c1ccc(Br)cc1)C1CC=CC21. The van der Waals surface area contributed by atoms with Gasteiger partial charge in [-0.05, 0) is 42.5 Å². The molecule has 0 spiro atoms. The fourth-order valence-electron chi connectivity index (χ4n) is 3.99. The van der Waals surface area contributed by atoms with Crippen LogP contribution in [0.15, 0.2) is 53.0 Å². The number of anilines is 1. The minimum absolute atomic E-state index is 0.0928. The van der Waals surface area contributed by atoms with E-state index in [4.69, 9.17) is 0 Å². The highest BCUT2D eigenvalue weighted by atomic mass is 79.9. The second kappa shape index (κ2) is 5.74. The summed E-state index contributed by atoms with van der Waals surface area (Å²) in [6.07, 6.45) is 5.23. The summed E-state index contributed by atoms with van der Waals surface area (Å²) >= 11 is 3.48. The predicted molar refractivity (Wildman–Crippen MR) is 98.3 cm³/mol. The first-order valence-electron chi connectivity index (χ1n) is 8.03. The standard InChI is InChI=1S/C19H17BrN2O2/c1-11-5-10-16(22(23)24)17-14-3-2-4-15(14)19(21-18(11)17)12-6-8-13(20)9-7-12/h2-3,5-10,14-15,19,21H,4H2,1H3. The Morgan fingerprint density at radius 1 is 1.21 bits per heavy atom. The molecule has 3 atom stereocenters. The summed E-state index contributed by atoms with van der Waals surface area (Å²) in [5.74, 6) is 0.398. The molecule has 0 saturated heterocycles. The molecule has 0 amide bonds. The minimum Gasteiger partial charge on any atom is -0.377 e. The fraction of sp³-hybridized carbons (Fsp3) is 0.263. The predicted octanol–water partition coefficient (Wildman–Crippen LogP) is 5.49. The van der Waals surface area contributed by atoms with Crippen LogP contribution in [0.1, 0.15) is 35.1 Å². The number of allylic oxidation sites excluding steroid dienone is 2. The summed E-state index contributed by atoms with van der Waals surface area (Å²) in [4.78, 5) is 11.2. The number of rotatable bonds is 2. The van der Waals surface area contributed by atoms with E-state index in [-0.39, 0.29) is 22.6 Å². The van der Waals surface area contributed by atoms with Gasteiger partial charge >= 0.3 is 0 Å². The first-order valence-corrected chi connectivity index (χ1v) is 8.82. The Hall–Kier alpha value is -2.14. The van der Waals surface area contributed by atoms with Crippen molar-refractivity contribution in [2.24, 2.45) is 5.92 Å². The lowest BCUT2D eigenvalue weighted by atomic mass is 9.76. The van der Waals surface area contributed by atoms with E-state index in [1.807, 2.05) is 25.1 Å². The van der Waals surface area contributed by atoms with Crippen LogP contribution in [0.3, 0.4) is 0 Å². The van der Waals surface area contributed by atoms with Crippen molar-refractivity contribution >= 4 is 27.3 Å². The van der Waals surface area contributed by atoms with Gasteiger partial charge in [0.05, 0.1) is 16.5 Å². The third-order valence-electron chi connectivity index (χ3n) is 5.13. The molecule has 0 saturated carbocycles. The first kappa shape index (κ1) is 15.4. The monoisotopic (exact) mass is 384 g/mol. The lowest BCUT2D eigenvalue weighted by molar-refractivity contribution is -0.385. The second-order valence-corrected chi connectivity index (χ2v) is 7.39. The number of nitrogens with zero attached hydrogens (tertiary/aromatic N) is 1. The number of nitro benzene ring substituents is 1. The van der Waals surface area contributed by atoms with Crippen LogP contribution in [-0.2, 0) is 0 Å². The van der Waals surface area contributed by atoms with Crippen LogP contribution < -0.4 is 5.32 Å². The van der Waals surface area contributed by atoms with E-state index in [0.29, 0.717) is 5.92 Å². The molecule has 122 valence electrons. The van der Waals surface area contributed by atoms with Crippen LogP contribution >= 0.6 is 15.9 Å². The number of benzene rings is 2. The second-order valence-electron chi connectivity index (χ2n) is 6.47. The smallest absolute Gasteiger partial charge is 0.275 e. The molecule has 1 aliphatic carbocycles. The van der Waals surface area contributed by atoms with Crippen molar-refractivity contribution in [2.75, 3.05) is 5.32 Å². The highest BCUT2D eigenvalue weighted by molar-refractivity contribution is 9.10. The Bertz CT molecular complexity index is 845. The van der Waals surface area contributed by atoms with Gasteiger partial charge < -0.3 is 5.32 Å². The maximum absolute atomic E-state index is 11.5. The average molecular weight is 385 g/mol. The average Bonchev–Trinajstić information content (AvgIpc) is 3.05. The van der Waals surface area contributed by atoms with Gasteiger partial charge in [-0.3, -0.25) is 10.1 Å². The molecule has 2 aromatic carbocycles. The highest BCUT2D eigenvalue weighted by Gasteiger charge is 2.42. The van der Waals surface area contributed by atoms with Crippen molar-refractivity contribution in [3.63, 3.8) is 0 Å². The van der Waals surface area contributed by atoms with Crippen LogP contribution in [0.2, 0.25) is 0 Å². The maximum Gasteiger partial charge on any atom is 0.275 e. The summed E-state index contributed by atoms with van der Waals surface area (Å²) < 4.78 is 1.05. The van der Waals surface area contributed by atoms with Crippen molar-refractivity contribution < 1.29 is 4.92 Å². The highest BCUT2D eigenvalue weighted by Crippen LogP contribution is 2.53. The van der Waals surface area contributed by atoms with Gasteiger partial charge in [0, 0.05) is 22.1 Å². The van der Waals surface area contributed by atoms with Gasteiger partial charge in [-0.25, -0.2) is 0 Å². The molecule has 1 heterocycles. The summed E-state index contributed by atoms with van der Waals surface area (Å²) in [5.41, 5.74) is 4.25. The van der Waals surface area contributed by atoms with Gasteiger partial charge in [0.2, 0.25) is 0 Å². The van der Waals surface area contributed by atoms with Crippen molar-refractivity contribution in [2.45, 2.75) is 25.3 Å². The zero-order valence-electron chi connectivity index (χ0n) is 13.2. The molecule has 0 aromatic heterocycles. The third-order valence-corrected chi connectivity index (χ3v) is 5.66. The number of halogens is 1. The Morgan fingerprint density at radius 3 is 2.67 bits per heavy atom. The van der Waals surface area contributed by atoms with Crippen molar-refractivity contribution in [1.82, 2.24) is 0 Å². The van der Waals surface area contributed by atoms with Crippen molar-refractivity contribution in [3.8, 4) is 0 Å². The molecular formula is C19H17BrN2O2. The van der Waals surface area contributed by atoms with Crippen LogP contribution in [-0.4, -0.2) is 4.92 Å². The van der Waals surface area contributed by atoms with Gasteiger partial charge in [-0.2, -0.15) is 0 Å². The number of hydrogen-bond acceptors (Lipinski definition) is 3. The Labute approximate surface area is 148 Å². The summed E-state index contributed by atoms with van der Waals surface area (Å²) in [6, 6.07) is 12.0. The molecular weight excluding hydrogens is 368 g/mol. The fourth-order valence-corrected chi connectivity index (χ4v) is 4.26. The zero-order chi connectivity index (χ0) is 16.8. The largest absolute Gasteiger partial charge is 0.377 e. The number of nitrogens with one attached hydrogen (secondary N) is 1. The normalized spacial score (nSPS) is 24.2. The lowest BCUT2D eigenvalue weighted by Gasteiger charge is -2.38. The van der Waals surface area contributed by atoms with Crippen LogP contribution in [0.25, 0.3) is 0 Å².